The van der Waals surface area contributed by atoms with Gasteiger partial charge in [-0.1, -0.05) is 6.92 Å². The fraction of sp³-hybridized carbons (Fsp3) is 0.538. The first-order valence-corrected chi connectivity index (χ1v) is 7.42. The van der Waals surface area contributed by atoms with E-state index in [-0.39, 0.29) is 12.1 Å². The number of carboxylic acids is 1. The molecule has 6 heteroatoms. The molecule has 0 amide bonds. The summed E-state index contributed by atoms with van der Waals surface area (Å²) in [4.78, 5) is 26.3. The summed E-state index contributed by atoms with van der Waals surface area (Å²) in [6, 6.07) is 0. The topological polar surface area (TPSA) is 75.1 Å². The SMILES string of the molecule is CCCn1c(=O)[nH]c2c(CCCCC(=O)O)scc21. The number of carboxylic acid groups (broad SMARTS) is 1. The number of nitrogens with zero attached hydrogens (tertiary/aromatic N) is 1. The van der Waals surface area contributed by atoms with Gasteiger partial charge in [0.1, 0.15) is 0 Å². The van der Waals surface area contributed by atoms with Gasteiger partial charge in [0.15, 0.2) is 0 Å². The molecule has 0 saturated heterocycles. The van der Waals surface area contributed by atoms with Gasteiger partial charge in [-0.05, 0) is 25.7 Å². The molecule has 104 valence electrons. The fourth-order valence-corrected chi connectivity index (χ4v) is 3.23. The van der Waals surface area contributed by atoms with E-state index in [9.17, 15) is 9.59 Å². The third kappa shape index (κ3) is 3.07. The minimum absolute atomic E-state index is 0.0496. The molecule has 0 unspecified atom stereocenters. The molecule has 0 aromatic carbocycles. The Hall–Kier alpha value is -1.56. The lowest BCUT2D eigenvalue weighted by atomic mass is 10.1. The van der Waals surface area contributed by atoms with Crippen molar-refractivity contribution in [1.82, 2.24) is 9.55 Å². The average molecular weight is 282 g/mol. The predicted molar refractivity (Wildman–Crippen MR) is 75.9 cm³/mol. The van der Waals surface area contributed by atoms with Gasteiger partial charge in [-0.25, -0.2) is 4.79 Å². The number of hydrogen-bond acceptors (Lipinski definition) is 3. The first-order valence-electron chi connectivity index (χ1n) is 6.54. The normalized spacial score (nSPS) is 11.2. The summed E-state index contributed by atoms with van der Waals surface area (Å²) in [5.41, 5.74) is 1.86. The molecular formula is C13H18N2O3S. The zero-order valence-corrected chi connectivity index (χ0v) is 11.8. The summed E-state index contributed by atoms with van der Waals surface area (Å²) in [6.45, 7) is 2.78. The van der Waals surface area contributed by atoms with Gasteiger partial charge in [0, 0.05) is 23.2 Å². The molecule has 0 fully saturated rings. The molecule has 2 aromatic heterocycles. The number of aromatic nitrogens is 2. The van der Waals surface area contributed by atoms with Crippen LogP contribution in [-0.2, 0) is 17.8 Å². The molecule has 2 rings (SSSR count). The second-order valence-corrected chi connectivity index (χ2v) is 5.57. The number of imidazole rings is 1. The van der Waals surface area contributed by atoms with Crippen molar-refractivity contribution in [2.24, 2.45) is 0 Å². The largest absolute Gasteiger partial charge is 0.481 e. The molecule has 0 bridgehead atoms. The number of fused-ring (bicyclic) bond motifs is 1. The van der Waals surface area contributed by atoms with Crippen LogP contribution in [0.2, 0.25) is 0 Å². The lowest BCUT2D eigenvalue weighted by Gasteiger charge is -1.97. The van der Waals surface area contributed by atoms with Crippen LogP contribution in [0.25, 0.3) is 11.0 Å². The molecule has 0 atom stereocenters. The van der Waals surface area contributed by atoms with Gasteiger partial charge in [-0.15, -0.1) is 11.3 Å². The summed E-state index contributed by atoms with van der Waals surface area (Å²) in [7, 11) is 0. The van der Waals surface area contributed by atoms with Crippen LogP contribution < -0.4 is 5.69 Å². The Morgan fingerprint density at radius 2 is 2.26 bits per heavy atom. The molecule has 0 radical (unpaired) electrons. The molecule has 2 heterocycles. The highest BCUT2D eigenvalue weighted by Gasteiger charge is 2.12. The highest BCUT2D eigenvalue weighted by Crippen LogP contribution is 2.25. The van der Waals surface area contributed by atoms with E-state index >= 15 is 0 Å². The van der Waals surface area contributed by atoms with Crippen molar-refractivity contribution in [3.63, 3.8) is 0 Å². The van der Waals surface area contributed by atoms with Gasteiger partial charge < -0.3 is 10.1 Å². The first kappa shape index (κ1) is 13.9. The molecular weight excluding hydrogens is 264 g/mol. The van der Waals surface area contributed by atoms with Gasteiger partial charge in [0.25, 0.3) is 0 Å². The highest BCUT2D eigenvalue weighted by atomic mass is 32.1. The number of aryl methyl sites for hydroxylation is 2. The summed E-state index contributed by atoms with van der Waals surface area (Å²) in [5, 5.41) is 10.6. The van der Waals surface area contributed by atoms with Gasteiger partial charge in [-0.2, -0.15) is 0 Å². The van der Waals surface area contributed by atoms with E-state index in [2.05, 4.69) is 4.98 Å². The predicted octanol–water partition coefficient (Wildman–Crippen LogP) is 2.60. The first-order chi connectivity index (χ1) is 9.13. The van der Waals surface area contributed by atoms with Crippen LogP contribution >= 0.6 is 11.3 Å². The Labute approximate surface area is 114 Å². The van der Waals surface area contributed by atoms with E-state index in [1.807, 2.05) is 12.3 Å². The standard InChI is InChI=1S/C13H18N2O3S/c1-2-7-15-9-8-19-10(12(9)14-13(15)18)5-3-4-6-11(16)17/h8H,2-7H2,1H3,(H,14,18)(H,16,17). The number of H-pyrrole nitrogens is 1. The Morgan fingerprint density at radius 1 is 1.47 bits per heavy atom. The molecule has 2 aromatic rings. The van der Waals surface area contributed by atoms with Crippen molar-refractivity contribution in [2.45, 2.75) is 45.6 Å². The van der Waals surface area contributed by atoms with E-state index in [0.29, 0.717) is 6.42 Å². The Morgan fingerprint density at radius 3 is 2.95 bits per heavy atom. The third-order valence-electron chi connectivity index (χ3n) is 3.11. The van der Waals surface area contributed by atoms with Crippen LogP contribution in [0.5, 0.6) is 0 Å². The molecule has 2 N–H and O–H groups in total. The molecule has 0 aliphatic rings. The molecule has 0 spiro atoms. The van der Waals surface area contributed by atoms with Gasteiger partial charge in [-0.3, -0.25) is 9.36 Å². The van der Waals surface area contributed by atoms with Crippen molar-refractivity contribution < 1.29 is 9.90 Å². The van der Waals surface area contributed by atoms with Crippen LogP contribution in [0.4, 0.5) is 0 Å². The average Bonchev–Trinajstić information content (AvgIpc) is 2.87. The molecule has 0 saturated carbocycles. The zero-order chi connectivity index (χ0) is 13.8. The van der Waals surface area contributed by atoms with Crippen molar-refractivity contribution >= 4 is 28.3 Å². The Balaban J connectivity index is 2.10. The van der Waals surface area contributed by atoms with Gasteiger partial charge in [0.05, 0.1) is 11.0 Å². The van der Waals surface area contributed by atoms with Crippen molar-refractivity contribution in [1.29, 1.82) is 0 Å². The maximum atomic E-state index is 11.8. The lowest BCUT2D eigenvalue weighted by molar-refractivity contribution is -0.137. The van der Waals surface area contributed by atoms with Crippen molar-refractivity contribution in [3.8, 4) is 0 Å². The van der Waals surface area contributed by atoms with Crippen LogP contribution in [0.1, 0.15) is 37.5 Å². The summed E-state index contributed by atoms with van der Waals surface area (Å²) >= 11 is 1.64. The minimum Gasteiger partial charge on any atom is -0.481 e. The van der Waals surface area contributed by atoms with Crippen molar-refractivity contribution in [2.75, 3.05) is 0 Å². The molecule has 0 aliphatic carbocycles. The highest BCUT2D eigenvalue weighted by molar-refractivity contribution is 7.11. The second kappa shape index (κ2) is 6.06. The number of hydrogen-bond donors (Lipinski definition) is 2. The second-order valence-electron chi connectivity index (χ2n) is 4.60. The molecule has 19 heavy (non-hydrogen) atoms. The monoisotopic (exact) mass is 282 g/mol. The summed E-state index contributed by atoms with van der Waals surface area (Å²) in [5.74, 6) is -0.751. The van der Waals surface area contributed by atoms with E-state index in [0.717, 1.165) is 41.7 Å². The van der Waals surface area contributed by atoms with E-state index < -0.39 is 5.97 Å². The number of aliphatic carboxylic acids is 1. The third-order valence-corrected chi connectivity index (χ3v) is 4.14. The fourth-order valence-electron chi connectivity index (χ4n) is 2.20. The molecule has 5 nitrogen and oxygen atoms in total. The lowest BCUT2D eigenvalue weighted by Crippen LogP contribution is -2.16. The maximum absolute atomic E-state index is 11.8. The van der Waals surface area contributed by atoms with E-state index in [4.69, 9.17) is 5.11 Å². The van der Waals surface area contributed by atoms with Gasteiger partial charge >= 0.3 is 11.7 Å². The Kier molecular flexibility index (Phi) is 4.42. The number of nitrogens with one attached hydrogen (secondary N) is 1. The minimum atomic E-state index is -0.751. The van der Waals surface area contributed by atoms with Gasteiger partial charge in [0.2, 0.25) is 0 Å². The van der Waals surface area contributed by atoms with E-state index in [1.54, 1.807) is 15.9 Å². The summed E-state index contributed by atoms with van der Waals surface area (Å²) in [6.07, 6.45) is 3.48. The number of thiophene rings is 1. The molecule has 0 aliphatic heterocycles. The van der Waals surface area contributed by atoms with Crippen LogP contribution in [0, 0.1) is 0 Å². The smallest absolute Gasteiger partial charge is 0.326 e. The summed E-state index contributed by atoms with van der Waals surface area (Å²) < 4.78 is 1.77. The maximum Gasteiger partial charge on any atom is 0.326 e. The number of aromatic amines is 1. The number of carbonyl (C=O) groups is 1. The van der Waals surface area contributed by atoms with Crippen molar-refractivity contribution in [3.05, 3.63) is 20.7 Å². The van der Waals surface area contributed by atoms with E-state index in [1.165, 1.54) is 0 Å². The zero-order valence-electron chi connectivity index (χ0n) is 10.9. The van der Waals surface area contributed by atoms with Crippen LogP contribution in [-0.4, -0.2) is 20.6 Å². The number of rotatable bonds is 7. The number of unbranched alkanes of at least 4 members (excludes halogenated alkanes) is 1. The quantitative estimate of drug-likeness (QED) is 0.766. The Bertz CT molecular complexity index is 623. The van der Waals surface area contributed by atoms with Crippen LogP contribution in [0.3, 0.4) is 0 Å². The van der Waals surface area contributed by atoms with Crippen LogP contribution in [0.15, 0.2) is 10.2 Å².